The van der Waals surface area contributed by atoms with Gasteiger partial charge in [-0.15, -0.1) is 13.2 Å². The van der Waals surface area contributed by atoms with Gasteiger partial charge < -0.3 is 20.6 Å². The van der Waals surface area contributed by atoms with E-state index in [4.69, 9.17) is 0 Å². The summed E-state index contributed by atoms with van der Waals surface area (Å²) in [7, 11) is 0. The average molecular weight is 526 g/mol. The third-order valence-electron chi connectivity index (χ3n) is 7.56. The van der Waals surface area contributed by atoms with Crippen molar-refractivity contribution in [1.29, 1.82) is 0 Å². The Morgan fingerprint density at radius 3 is 2.54 bits per heavy atom. The van der Waals surface area contributed by atoms with Crippen molar-refractivity contribution >= 4 is 23.5 Å². The summed E-state index contributed by atoms with van der Waals surface area (Å²) in [6.45, 7) is -0.690. The number of nitrogens with one attached hydrogen (secondary N) is 2. The number of halogens is 3. The van der Waals surface area contributed by atoms with E-state index in [9.17, 15) is 37.5 Å². The fourth-order valence-corrected chi connectivity index (χ4v) is 5.74. The number of Topliss-reactive ketones (excluding diaryl/α,β-unsaturated/α-hetero) is 1. The second-order valence-electron chi connectivity index (χ2n) is 9.88. The number of aliphatic hydroxyl groups is 1. The van der Waals surface area contributed by atoms with Crippen LogP contribution >= 0.6 is 0 Å². The number of hydrogen-bond acceptors (Lipinski definition) is 6. The molecule has 3 aliphatic rings. The minimum absolute atomic E-state index is 0.0333. The van der Waals surface area contributed by atoms with E-state index in [1.54, 1.807) is 30.3 Å². The molecule has 1 aromatic carbocycles. The highest BCUT2D eigenvalue weighted by Gasteiger charge is 2.51. The van der Waals surface area contributed by atoms with Gasteiger partial charge in [0.15, 0.2) is 11.9 Å². The number of amides is 3. The van der Waals surface area contributed by atoms with Crippen LogP contribution in [0.1, 0.15) is 43.8 Å². The normalized spacial score (nSPS) is 26.9. The number of aliphatic hydroxyl groups excluding tert-OH is 1. The Morgan fingerprint density at radius 1 is 1.16 bits per heavy atom. The zero-order chi connectivity index (χ0) is 26.7. The summed E-state index contributed by atoms with van der Waals surface area (Å²) in [6, 6.07) is 5.88. The molecule has 1 aromatic rings. The van der Waals surface area contributed by atoms with Crippen molar-refractivity contribution in [2.45, 2.75) is 56.7 Å². The summed E-state index contributed by atoms with van der Waals surface area (Å²) >= 11 is 0. The Balaban J connectivity index is 1.53. The predicted octanol–water partition coefficient (Wildman–Crippen LogP) is 1.46. The lowest BCUT2D eigenvalue weighted by atomic mass is 9.92. The van der Waals surface area contributed by atoms with Gasteiger partial charge in [0.05, 0.1) is 6.04 Å². The van der Waals surface area contributed by atoms with Gasteiger partial charge in [-0.05, 0) is 43.1 Å². The van der Waals surface area contributed by atoms with E-state index in [1.165, 1.54) is 4.90 Å². The number of carbonyl (C=O) groups is 4. The summed E-state index contributed by atoms with van der Waals surface area (Å²) in [4.78, 5) is 52.9. The molecule has 12 heteroatoms. The Kier molecular flexibility index (Phi) is 8.17. The van der Waals surface area contributed by atoms with E-state index in [1.807, 2.05) is 0 Å². The third-order valence-corrected chi connectivity index (χ3v) is 7.56. The first-order chi connectivity index (χ1) is 17.5. The first kappa shape index (κ1) is 27.1. The van der Waals surface area contributed by atoms with Crippen LogP contribution < -0.4 is 10.6 Å². The highest BCUT2D eigenvalue weighted by Crippen LogP contribution is 2.43. The molecule has 2 heterocycles. The quantitative estimate of drug-likeness (QED) is 0.449. The van der Waals surface area contributed by atoms with Crippen LogP contribution in [0.5, 0.6) is 0 Å². The summed E-state index contributed by atoms with van der Waals surface area (Å²) in [5.74, 6) is -3.53. The molecule has 2 aliphatic heterocycles. The summed E-state index contributed by atoms with van der Waals surface area (Å²) < 4.78 is 41.4. The second-order valence-corrected chi connectivity index (χ2v) is 9.88. The van der Waals surface area contributed by atoms with Crippen LogP contribution in [0.4, 0.5) is 13.2 Å². The topological polar surface area (TPSA) is 125 Å². The molecule has 37 heavy (non-hydrogen) atoms. The molecule has 202 valence electrons. The lowest BCUT2D eigenvalue weighted by Gasteiger charge is -2.30. The molecule has 3 fully saturated rings. The van der Waals surface area contributed by atoms with Crippen molar-refractivity contribution < 1.29 is 42.2 Å². The number of rotatable bonds is 9. The zero-order valence-electron chi connectivity index (χ0n) is 20.1. The first-order valence-electron chi connectivity index (χ1n) is 12.4. The van der Waals surface area contributed by atoms with Crippen LogP contribution in [0.3, 0.4) is 0 Å². The molecule has 3 amide bonds. The van der Waals surface area contributed by atoms with Crippen molar-refractivity contribution in [3.8, 4) is 0 Å². The van der Waals surface area contributed by atoms with Crippen LogP contribution in [-0.2, 0) is 23.9 Å². The number of alkyl halides is 3. The molecule has 1 aliphatic carbocycles. The molecule has 5 unspecified atom stereocenters. The molecule has 0 aromatic heterocycles. The van der Waals surface area contributed by atoms with Gasteiger partial charge in [-0.1, -0.05) is 36.8 Å². The standard InChI is InChI=1S/C25H30F3N3O6/c26-25(27,28)37-13-19(32)18(11-15-9-10-29-22(15)34)30-23(35)20-17-8-4-7-16(17)12-31(20)24(36)21(33)14-5-2-1-3-6-14/h1-3,5-6,15-18,20-21,33H,4,7-13H2,(H,29,34)(H,30,35)/t15?,16?,17?,18?,20?,21-/m0/s1. The molecule has 0 radical (unpaired) electrons. The molecule has 4 rings (SSSR count). The lowest BCUT2D eigenvalue weighted by molar-refractivity contribution is -0.321. The highest BCUT2D eigenvalue weighted by molar-refractivity contribution is 5.95. The van der Waals surface area contributed by atoms with E-state index in [2.05, 4.69) is 15.4 Å². The van der Waals surface area contributed by atoms with Crippen molar-refractivity contribution in [3.63, 3.8) is 0 Å². The molecular formula is C25H30F3N3O6. The first-order valence-corrected chi connectivity index (χ1v) is 12.4. The van der Waals surface area contributed by atoms with Gasteiger partial charge in [0.2, 0.25) is 11.8 Å². The minimum atomic E-state index is -5.03. The molecule has 0 bridgehead atoms. The largest absolute Gasteiger partial charge is 0.522 e. The van der Waals surface area contributed by atoms with E-state index in [0.717, 1.165) is 12.8 Å². The Labute approximate surface area is 211 Å². The Morgan fingerprint density at radius 2 is 1.89 bits per heavy atom. The summed E-state index contributed by atoms with van der Waals surface area (Å²) in [5.41, 5.74) is 0.369. The lowest BCUT2D eigenvalue weighted by Crippen LogP contribution is -2.54. The predicted molar refractivity (Wildman–Crippen MR) is 122 cm³/mol. The van der Waals surface area contributed by atoms with E-state index < -0.39 is 54.7 Å². The maximum absolute atomic E-state index is 13.5. The number of carbonyl (C=O) groups excluding carboxylic acids is 4. The van der Waals surface area contributed by atoms with Gasteiger partial charge in [0.25, 0.3) is 5.91 Å². The number of ketones is 1. The van der Waals surface area contributed by atoms with Crippen LogP contribution in [0.25, 0.3) is 0 Å². The van der Waals surface area contributed by atoms with Gasteiger partial charge in [-0.3, -0.25) is 23.9 Å². The van der Waals surface area contributed by atoms with Gasteiger partial charge in [0.1, 0.15) is 12.6 Å². The maximum Gasteiger partial charge on any atom is 0.522 e. The van der Waals surface area contributed by atoms with Gasteiger partial charge >= 0.3 is 6.36 Å². The number of nitrogens with zero attached hydrogens (tertiary/aromatic N) is 1. The molecule has 1 saturated carbocycles. The van der Waals surface area contributed by atoms with E-state index in [-0.39, 0.29) is 30.7 Å². The van der Waals surface area contributed by atoms with Crippen molar-refractivity contribution in [3.05, 3.63) is 35.9 Å². The fraction of sp³-hybridized carbons (Fsp3) is 0.600. The van der Waals surface area contributed by atoms with Crippen molar-refractivity contribution in [2.24, 2.45) is 17.8 Å². The van der Waals surface area contributed by atoms with Gasteiger partial charge in [-0.2, -0.15) is 0 Å². The molecular weight excluding hydrogens is 495 g/mol. The number of fused-ring (bicyclic) bond motifs is 1. The number of ether oxygens (including phenoxy) is 1. The smallest absolute Gasteiger partial charge is 0.378 e. The van der Waals surface area contributed by atoms with Gasteiger partial charge in [-0.25, -0.2) is 0 Å². The molecule has 6 atom stereocenters. The number of likely N-dealkylation sites (tertiary alicyclic amines) is 1. The van der Waals surface area contributed by atoms with Gasteiger partial charge in [0, 0.05) is 19.0 Å². The number of hydrogen-bond donors (Lipinski definition) is 3. The van der Waals surface area contributed by atoms with Crippen molar-refractivity contribution in [1.82, 2.24) is 15.5 Å². The Hall–Kier alpha value is -2.99. The molecule has 3 N–H and O–H groups in total. The monoisotopic (exact) mass is 525 g/mol. The molecule has 2 saturated heterocycles. The van der Waals surface area contributed by atoms with Crippen LogP contribution in [0, 0.1) is 17.8 Å². The Bertz CT molecular complexity index is 1020. The highest BCUT2D eigenvalue weighted by atomic mass is 19.4. The minimum Gasteiger partial charge on any atom is -0.378 e. The number of benzene rings is 1. The van der Waals surface area contributed by atoms with Crippen LogP contribution in [0.2, 0.25) is 0 Å². The second kappa shape index (κ2) is 11.2. The average Bonchev–Trinajstić information content (AvgIpc) is 3.57. The van der Waals surface area contributed by atoms with E-state index in [0.29, 0.717) is 24.9 Å². The summed E-state index contributed by atoms with van der Waals surface area (Å²) in [5, 5.41) is 15.8. The molecule has 9 nitrogen and oxygen atoms in total. The fourth-order valence-electron chi connectivity index (χ4n) is 5.74. The van der Waals surface area contributed by atoms with E-state index >= 15 is 0 Å². The summed E-state index contributed by atoms with van der Waals surface area (Å²) in [6.07, 6.45) is -4.02. The third kappa shape index (κ3) is 6.30. The maximum atomic E-state index is 13.5. The SMILES string of the molecule is O=C1NCCC1CC(NC(=O)C1C2CCCC2CN1C(=O)[C@@H](O)c1ccccc1)C(=O)COC(F)(F)F. The molecule has 0 spiro atoms. The van der Waals surface area contributed by atoms with Crippen LogP contribution in [-0.4, -0.2) is 71.7 Å². The van der Waals surface area contributed by atoms with Crippen LogP contribution in [0.15, 0.2) is 30.3 Å². The zero-order valence-corrected chi connectivity index (χ0v) is 20.1. The van der Waals surface area contributed by atoms with Crippen molar-refractivity contribution in [2.75, 3.05) is 19.7 Å².